The number of nitrogens with one attached hydrogen (secondary N) is 1. The number of hydrogen-bond donors (Lipinski definition) is 1. The number of hydrogen-bond acceptors (Lipinski definition) is 3. The first-order valence-electron chi connectivity index (χ1n) is 5.86. The van der Waals surface area contributed by atoms with Gasteiger partial charge >= 0.3 is 6.18 Å². The van der Waals surface area contributed by atoms with Gasteiger partial charge in [-0.3, -0.25) is 0 Å². The molecule has 0 saturated heterocycles. The first-order valence-corrected chi connectivity index (χ1v) is 7.68. The lowest BCUT2D eigenvalue weighted by Crippen LogP contribution is -2.13. The van der Waals surface area contributed by atoms with Crippen LogP contribution in [0.3, 0.4) is 0 Å². The number of halogens is 3. The van der Waals surface area contributed by atoms with E-state index in [1.54, 1.807) is 6.92 Å². The number of sulfone groups is 1. The number of benzene rings is 1. The van der Waals surface area contributed by atoms with Crippen LogP contribution in [0.1, 0.15) is 18.9 Å². The van der Waals surface area contributed by atoms with Gasteiger partial charge in [0.25, 0.3) is 0 Å². The average Bonchev–Trinajstić information content (AvgIpc) is 2.34. The molecule has 1 rings (SSSR count). The molecule has 0 unspecified atom stereocenters. The monoisotopic (exact) mass is 295 g/mol. The van der Waals surface area contributed by atoms with Crippen molar-refractivity contribution in [1.82, 2.24) is 0 Å². The molecule has 0 aliphatic carbocycles. The summed E-state index contributed by atoms with van der Waals surface area (Å²) in [6, 6.07) is 4.64. The molecule has 0 fully saturated rings. The number of alkyl halides is 3. The van der Waals surface area contributed by atoms with E-state index in [4.69, 9.17) is 0 Å². The van der Waals surface area contributed by atoms with Gasteiger partial charge in [-0.25, -0.2) is 8.42 Å². The molecule has 3 nitrogen and oxygen atoms in total. The largest absolute Gasteiger partial charge is 0.416 e. The zero-order valence-corrected chi connectivity index (χ0v) is 11.3. The molecule has 19 heavy (non-hydrogen) atoms. The summed E-state index contributed by atoms with van der Waals surface area (Å²) in [7, 11) is -2.99. The van der Waals surface area contributed by atoms with Crippen molar-refractivity contribution < 1.29 is 21.6 Å². The van der Waals surface area contributed by atoms with Crippen molar-refractivity contribution in [2.75, 3.05) is 23.4 Å². The molecule has 0 heterocycles. The summed E-state index contributed by atoms with van der Waals surface area (Å²) in [5.41, 5.74) is -0.159. The Morgan fingerprint density at radius 3 is 2.21 bits per heavy atom. The summed E-state index contributed by atoms with van der Waals surface area (Å²) in [5.74, 6) is 0.185. The van der Waals surface area contributed by atoms with Crippen LogP contribution in [0.5, 0.6) is 0 Å². The Balaban J connectivity index is 2.43. The molecule has 0 spiro atoms. The maximum absolute atomic E-state index is 12.3. The van der Waals surface area contributed by atoms with Gasteiger partial charge in [0, 0.05) is 18.0 Å². The van der Waals surface area contributed by atoms with Crippen LogP contribution in [0, 0.1) is 0 Å². The highest BCUT2D eigenvalue weighted by Crippen LogP contribution is 2.29. The molecule has 108 valence electrons. The lowest BCUT2D eigenvalue weighted by atomic mass is 10.2. The van der Waals surface area contributed by atoms with E-state index in [1.165, 1.54) is 12.1 Å². The Kier molecular flexibility index (Phi) is 5.22. The Hall–Kier alpha value is -1.24. The van der Waals surface area contributed by atoms with Crippen molar-refractivity contribution in [1.29, 1.82) is 0 Å². The van der Waals surface area contributed by atoms with Crippen LogP contribution in [-0.2, 0) is 16.0 Å². The van der Waals surface area contributed by atoms with Gasteiger partial charge in [-0.05, 0) is 30.7 Å². The Bertz CT molecular complexity index is 495. The Morgan fingerprint density at radius 1 is 1.16 bits per heavy atom. The molecule has 0 aliphatic rings. The zero-order chi connectivity index (χ0) is 14.5. The molecule has 1 aromatic carbocycles. The maximum Gasteiger partial charge on any atom is 0.416 e. The molecule has 1 aromatic rings. The summed E-state index contributed by atoms with van der Waals surface area (Å²) in [4.78, 5) is 0. The van der Waals surface area contributed by atoms with Crippen molar-refractivity contribution in [2.24, 2.45) is 0 Å². The third kappa shape index (κ3) is 5.50. The van der Waals surface area contributed by atoms with E-state index in [1.807, 2.05) is 0 Å². The minimum absolute atomic E-state index is 0.0805. The molecule has 0 amide bonds. The average molecular weight is 295 g/mol. The van der Waals surface area contributed by atoms with E-state index in [2.05, 4.69) is 5.32 Å². The van der Waals surface area contributed by atoms with E-state index in [-0.39, 0.29) is 11.5 Å². The van der Waals surface area contributed by atoms with Crippen molar-refractivity contribution in [3.8, 4) is 0 Å². The molecule has 0 radical (unpaired) electrons. The van der Waals surface area contributed by atoms with E-state index < -0.39 is 21.6 Å². The van der Waals surface area contributed by atoms with Gasteiger partial charge in [0.15, 0.2) is 0 Å². The Morgan fingerprint density at radius 2 is 1.74 bits per heavy atom. The van der Waals surface area contributed by atoms with Crippen LogP contribution in [-0.4, -0.2) is 26.5 Å². The topological polar surface area (TPSA) is 46.2 Å². The molecular weight excluding hydrogens is 279 g/mol. The highest BCUT2D eigenvalue weighted by atomic mass is 32.2. The van der Waals surface area contributed by atoms with Gasteiger partial charge in [0.05, 0.1) is 11.3 Å². The standard InChI is InChI=1S/C12H16F3NO2S/c1-2-19(17,18)9-3-8-16-11-6-4-10(5-7-11)12(13,14)15/h4-7,16H,2-3,8-9H2,1H3. The molecule has 0 saturated carbocycles. The molecule has 0 aromatic heterocycles. The molecule has 0 atom stereocenters. The fourth-order valence-corrected chi connectivity index (χ4v) is 2.32. The predicted octanol–water partition coefficient (Wildman–Crippen LogP) is 2.94. The van der Waals surface area contributed by atoms with Gasteiger partial charge in [-0.1, -0.05) is 6.92 Å². The maximum atomic E-state index is 12.3. The lowest BCUT2D eigenvalue weighted by Gasteiger charge is -2.09. The van der Waals surface area contributed by atoms with E-state index >= 15 is 0 Å². The molecular formula is C12H16F3NO2S. The second-order valence-corrected chi connectivity index (χ2v) is 6.56. The van der Waals surface area contributed by atoms with Crippen molar-refractivity contribution in [3.63, 3.8) is 0 Å². The third-order valence-electron chi connectivity index (χ3n) is 2.61. The number of anilines is 1. The third-order valence-corrected chi connectivity index (χ3v) is 4.40. The normalized spacial score (nSPS) is 12.4. The number of rotatable bonds is 6. The van der Waals surface area contributed by atoms with Crippen LogP contribution in [0.4, 0.5) is 18.9 Å². The van der Waals surface area contributed by atoms with Crippen molar-refractivity contribution in [2.45, 2.75) is 19.5 Å². The first-order chi connectivity index (χ1) is 8.74. The fourth-order valence-electron chi connectivity index (χ4n) is 1.45. The molecule has 0 bridgehead atoms. The molecule has 7 heteroatoms. The quantitative estimate of drug-likeness (QED) is 0.821. The second kappa shape index (κ2) is 6.27. The van der Waals surface area contributed by atoms with Gasteiger partial charge in [-0.15, -0.1) is 0 Å². The van der Waals surface area contributed by atoms with Gasteiger partial charge in [-0.2, -0.15) is 13.2 Å². The van der Waals surface area contributed by atoms with Crippen molar-refractivity contribution in [3.05, 3.63) is 29.8 Å². The predicted molar refractivity (Wildman–Crippen MR) is 68.9 cm³/mol. The second-order valence-electron chi connectivity index (χ2n) is 4.09. The summed E-state index contributed by atoms with van der Waals surface area (Å²) in [6.45, 7) is 1.99. The zero-order valence-electron chi connectivity index (χ0n) is 10.5. The summed E-state index contributed by atoms with van der Waals surface area (Å²) in [6.07, 6.45) is -3.91. The molecule has 1 N–H and O–H groups in total. The van der Waals surface area contributed by atoms with E-state index in [0.717, 1.165) is 12.1 Å². The van der Waals surface area contributed by atoms with Gasteiger partial charge < -0.3 is 5.32 Å². The lowest BCUT2D eigenvalue weighted by molar-refractivity contribution is -0.137. The van der Waals surface area contributed by atoms with Crippen LogP contribution in [0.15, 0.2) is 24.3 Å². The van der Waals surface area contributed by atoms with E-state index in [9.17, 15) is 21.6 Å². The first kappa shape index (κ1) is 15.8. The van der Waals surface area contributed by atoms with Crippen molar-refractivity contribution >= 4 is 15.5 Å². The van der Waals surface area contributed by atoms with E-state index in [0.29, 0.717) is 18.7 Å². The summed E-state index contributed by atoms with van der Waals surface area (Å²) < 4.78 is 59.4. The minimum atomic E-state index is -4.34. The molecule has 0 aliphatic heterocycles. The van der Waals surface area contributed by atoms with Crippen LogP contribution in [0.25, 0.3) is 0 Å². The smallest absolute Gasteiger partial charge is 0.385 e. The highest BCUT2D eigenvalue weighted by molar-refractivity contribution is 7.91. The Labute approximate surface area is 110 Å². The van der Waals surface area contributed by atoms with Gasteiger partial charge in [0.1, 0.15) is 9.84 Å². The van der Waals surface area contributed by atoms with Gasteiger partial charge in [0.2, 0.25) is 0 Å². The van der Waals surface area contributed by atoms with Crippen LogP contribution < -0.4 is 5.32 Å². The fraction of sp³-hybridized carbons (Fsp3) is 0.500. The minimum Gasteiger partial charge on any atom is -0.385 e. The van der Waals surface area contributed by atoms with Crippen LogP contribution in [0.2, 0.25) is 0 Å². The summed E-state index contributed by atoms with van der Waals surface area (Å²) in [5, 5.41) is 2.89. The summed E-state index contributed by atoms with van der Waals surface area (Å²) >= 11 is 0. The van der Waals surface area contributed by atoms with Crippen LogP contribution >= 0.6 is 0 Å². The SMILES string of the molecule is CCS(=O)(=O)CCCNc1ccc(C(F)(F)F)cc1. The highest BCUT2D eigenvalue weighted by Gasteiger charge is 2.29.